The standard InChI is InChI=1S/C18H26N2O2.2C2H6/c1-4-8-15(17(21)5-2)13-19-11-12-20(3)14-16-9-6-7-10-18(16)22;2*1-2/h4-10,19,21-22H,1,11-14H2,2-3H3;2*1-2H3/b15-8-,17-5+;;. The summed E-state index contributed by atoms with van der Waals surface area (Å²) in [5, 5.41) is 22.8. The van der Waals surface area contributed by atoms with Crippen LogP contribution in [0.5, 0.6) is 5.75 Å². The molecule has 0 fully saturated rings. The Morgan fingerprint density at radius 2 is 1.81 bits per heavy atom. The lowest BCUT2D eigenvalue weighted by Gasteiger charge is -2.18. The summed E-state index contributed by atoms with van der Waals surface area (Å²) < 4.78 is 0. The van der Waals surface area contributed by atoms with Crippen LogP contribution in [0.2, 0.25) is 0 Å². The average Bonchev–Trinajstić information content (AvgIpc) is 2.68. The molecule has 0 atom stereocenters. The zero-order chi connectivity index (χ0) is 20.4. The molecule has 0 saturated carbocycles. The summed E-state index contributed by atoms with van der Waals surface area (Å²) in [6.45, 7) is 16.4. The molecule has 0 unspecified atom stereocenters. The van der Waals surface area contributed by atoms with Gasteiger partial charge >= 0.3 is 0 Å². The Morgan fingerprint density at radius 3 is 2.35 bits per heavy atom. The van der Waals surface area contributed by atoms with E-state index in [1.165, 1.54) is 0 Å². The van der Waals surface area contributed by atoms with E-state index in [1.807, 2.05) is 52.9 Å². The summed E-state index contributed by atoms with van der Waals surface area (Å²) in [6, 6.07) is 7.37. The predicted molar refractivity (Wildman–Crippen MR) is 115 cm³/mol. The van der Waals surface area contributed by atoms with Crippen LogP contribution >= 0.6 is 0 Å². The first-order valence-corrected chi connectivity index (χ1v) is 9.41. The maximum absolute atomic E-state index is 9.76. The number of nitrogens with zero attached hydrogens (tertiary/aromatic N) is 1. The van der Waals surface area contributed by atoms with Crippen LogP contribution in [-0.2, 0) is 6.54 Å². The zero-order valence-corrected chi connectivity index (χ0v) is 17.4. The number of phenolic OH excluding ortho intramolecular Hbond substituents is 1. The van der Waals surface area contributed by atoms with E-state index in [0.29, 0.717) is 18.8 Å². The van der Waals surface area contributed by atoms with Gasteiger partial charge < -0.3 is 20.4 Å². The highest BCUT2D eigenvalue weighted by molar-refractivity contribution is 5.31. The molecule has 0 aliphatic rings. The average molecular weight is 363 g/mol. The molecule has 4 heteroatoms. The maximum Gasteiger partial charge on any atom is 0.120 e. The first-order valence-electron chi connectivity index (χ1n) is 9.41. The van der Waals surface area contributed by atoms with Gasteiger partial charge in [0, 0.05) is 37.3 Å². The van der Waals surface area contributed by atoms with Gasteiger partial charge in [-0.25, -0.2) is 0 Å². The highest BCUT2D eigenvalue weighted by atomic mass is 16.3. The van der Waals surface area contributed by atoms with Gasteiger partial charge in [0.2, 0.25) is 0 Å². The van der Waals surface area contributed by atoms with Gasteiger partial charge in [0.15, 0.2) is 0 Å². The van der Waals surface area contributed by atoms with Crippen molar-refractivity contribution >= 4 is 0 Å². The number of aliphatic hydroxyl groups excluding tert-OH is 1. The predicted octanol–water partition coefficient (Wildman–Crippen LogP) is 5.04. The first kappa shape index (κ1) is 26.2. The Balaban J connectivity index is 0. The van der Waals surface area contributed by atoms with Crippen LogP contribution in [-0.4, -0.2) is 41.8 Å². The lowest BCUT2D eigenvalue weighted by molar-refractivity contribution is 0.319. The number of nitrogens with one attached hydrogen (secondary N) is 1. The van der Waals surface area contributed by atoms with Crippen LogP contribution in [0, 0.1) is 0 Å². The van der Waals surface area contributed by atoms with Crippen molar-refractivity contribution in [3.8, 4) is 5.75 Å². The van der Waals surface area contributed by atoms with Crippen molar-refractivity contribution in [3.63, 3.8) is 0 Å². The van der Waals surface area contributed by atoms with E-state index in [2.05, 4.69) is 16.8 Å². The van der Waals surface area contributed by atoms with E-state index < -0.39 is 0 Å². The van der Waals surface area contributed by atoms with E-state index in [4.69, 9.17) is 0 Å². The van der Waals surface area contributed by atoms with Gasteiger partial charge in [0.05, 0.1) is 0 Å². The zero-order valence-electron chi connectivity index (χ0n) is 17.4. The van der Waals surface area contributed by atoms with E-state index in [1.54, 1.807) is 31.2 Å². The number of para-hydroxylation sites is 1. The van der Waals surface area contributed by atoms with Gasteiger partial charge in [-0.05, 0) is 26.1 Å². The molecule has 0 bridgehead atoms. The van der Waals surface area contributed by atoms with Crippen LogP contribution in [0.4, 0.5) is 0 Å². The van der Waals surface area contributed by atoms with Crippen molar-refractivity contribution in [1.29, 1.82) is 0 Å². The lowest BCUT2D eigenvalue weighted by Crippen LogP contribution is -2.30. The van der Waals surface area contributed by atoms with Crippen molar-refractivity contribution in [2.24, 2.45) is 0 Å². The van der Waals surface area contributed by atoms with Crippen LogP contribution in [0.1, 0.15) is 40.2 Å². The number of phenols is 1. The molecule has 3 N–H and O–H groups in total. The number of rotatable bonds is 9. The van der Waals surface area contributed by atoms with Crippen LogP contribution < -0.4 is 5.32 Å². The van der Waals surface area contributed by atoms with Gasteiger partial charge in [0.25, 0.3) is 0 Å². The molecule has 0 radical (unpaired) electrons. The van der Waals surface area contributed by atoms with Crippen LogP contribution in [0.15, 0.2) is 60.4 Å². The summed E-state index contributed by atoms with van der Waals surface area (Å²) in [4.78, 5) is 2.13. The van der Waals surface area contributed by atoms with E-state index in [9.17, 15) is 10.2 Å². The number of aliphatic hydroxyl groups is 1. The molecule has 0 spiro atoms. The molecule has 1 aromatic carbocycles. The summed E-state index contributed by atoms with van der Waals surface area (Å²) in [5.41, 5.74) is 1.74. The van der Waals surface area contributed by atoms with Gasteiger partial charge in [0.1, 0.15) is 11.5 Å². The topological polar surface area (TPSA) is 55.7 Å². The number of hydrogen-bond acceptors (Lipinski definition) is 4. The van der Waals surface area contributed by atoms with Gasteiger partial charge in [-0.15, -0.1) is 0 Å². The smallest absolute Gasteiger partial charge is 0.120 e. The molecular weight excluding hydrogens is 324 g/mol. The lowest BCUT2D eigenvalue weighted by atomic mass is 10.2. The Kier molecular flexibility index (Phi) is 17.9. The normalized spacial score (nSPS) is 11.2. The molecule has 26 heavy (non-hydrogen) atoms. The second-order valence-electron chi connectivity index (χ2n) is 5.14. The molecule has 1 aromatic rings. The molecule has 0 heterocycles. The molecule has 0 amide bonds. The highest BCUT2D eigenvalue weighted by Crippen LogP contribution is 2.16. The molecule has 0 aliphatic heterocycles. The number of hydrogen-bond donors (Lipinski definition) is 3. The molecule has 148 valence electrons. The van der Waals surface area contributed by atoms with Gasteiger partial charge in [-0.3, -0.25) is 0 Å². The molecule has 0 aliphatic carbocycles. The van der Waals surface area contributed by atoms with Crippen LogP contribution in [0.25, 0.3) is 0 Å². The van der Waals surface area contributed by atoms with E-state index in [-0.39, 0.29) is 5.76 Å². The largest absolute Gasteiger partial charge is 0.508 e. The number of allylic oxidation sites excluding steroid dienone is 3. The van der Waals surface area contributed by atoms with Gasteiger partial charge in [-0.1, -0.05) is 64.6 Å². The van der Waals surface area contributed by atoms with E-state index >= 15 is 0 Å². The Bertz CT molecular complexity index is 537. The summed E-state index contributed by atoms with van der Waals surface area (Å²) >= 11 is 0. The monoisotopic (exact) mass is 362 g/mol. The molecular formula is C22H38N2O2. The Hall–Kier alpha value is -2.04. The summed E-state index contributed by atoms with van der Waals surface area (Å²) in [5.74, 6) is 0.603. The minimum Gasteiger partial charge on any atom is -0.508 e. The third kappa shape index (κ3) is 11.5. The fraction of sp³-hybridized carbons (Fsp3) is 0.455. The highest BCUT2D eigenvalue weighted by Gasteiger charge is 2.05. The second-order valence-corrected chi connectivity index (χ2v) is 5.14. The van der Waals surface area contributed by atoms with Crippen molar-refractivity contribution in [3.05, 3.63) is 66.0 Å². The van der Waals surface area contributed by atoms with Crippen molar-refractivity contribution in [2.75, 3.05) is 26.7 Å². The fourth-order valence-corrected chi connectivity index (χ4v) is 2.07. The minimum atomic E-state index is 0.273. The third-order valence-corrected chi connectivity index (χ3v) is 3.34. The minimum absolute atomic E-state index is 0.273. The Morgan fingerprint density at radius 1 is 1.19 bits per heavy atom. The van der Waals surface area contributed by atoms with E-state index in [0.717, 1.165) is 24.2 Å². The summed E-state index contributed by atoms with van der Waals surface area (Å²) in [7, 11) is 2.01. The Labute approximate surface area is 160 Å². The second kappa shape index (κ2) is 17.8. The third-order valence-electron chi connectivity index (χ3n) is 3.34. The quantitative estimate of drug-likeness (QED) is 0.327. The van der Waals surface area contributed by atoms with Crippen molar-refractivity contribution in [2.45, 2.75) is 41.2 Å². The molecule has 1 rings (SSSR count). The fourth-order valence-electron chi connectivity index (χ4n) is 2.07. The molecule has 4 nitrogen and oxygen atoms in total. The van der Waals surface area contributed by atoms with Crippen molar-refractivity contribution < 1.29 is 10.2 Å². The maximum atomic E-state index is 9.76. The van der Waals surface area contributed by atoms with Crippen molar-refractivity contribution in [1.82, 2.24) is 10.2 Å². The molecule has 0 saturated heterocycles. The van der Waals surface area contributed by atoms with Crippen LogP contribution in [0.3, 0.4) is 0 Å². The number of aromatic hydroxyl groups is 1. The number of likely N-dealkylation sites (N-methyl/N-ethyl adjacent to an activating group) is 1. The SMILES string of the molecule is C=C/C=C(CNCCN(C)Cc1ccccc1O)\C(O)=C/C.CC.CC. The number of benzene rings is 1. The summed E-state index contributed by atoms with van der Waals surface area (Å²) in [6.07, 6.45) is 5.14. The molecule has 0 aromatic heterocycles. The van der Waals surface area contributed by atoms with Gasteiger partial charge in [-0.2, -0.15) is 0 Å². The first-order chi connectivity index (χ1) is 12.6.